The van der Waals surface area contributed by atoms with E-state index >= 15 is 0 Å². The van der Waals surface area contributed by atoms with Gasteiger partial charge in [0.05, 0.1) is 17.5 Å². The van der Waals surface area contributed by atoms with Crippen molar-refractivity contribution in [3.05, 3.63) is 41.4 Å². The van der Waals surface area contributed by atoms with Crippen molar-refractivity contribution in [2.45, 2.75) is 20.3 Å². The second-order valence-electron chi connectivity index (χ2n) is 4.72. The molecule has 102 valence electrons. The van der Waals surface area contributed by atoms with Crippen molar-refractivity contribution in [1.29, 1.82) is 0 Å². The summed E-state index contributed by atoms with van der Waals surface area (Å²) in [7, 11) is 0. The molecule has 2 N–H and O–H groups in total. The van der Waals surface area contributed by atoms with Gasteiger partial charge >= 0.3 is 0 Å². The van der Waals surface area contributed by atoms with Gasteiger partial charge in [0.25, 0.3) is 0 Å². The van der Waals surface area contributed by atoms with E-state index in [0.29, 0.717) is 11.6 Å². The van der Waals surface area contributed by atoms with Crippen molar-refractivity contribution in [2.75, 3.05) is 5.32 Å². The summed E-state index contributed by atoms with van der Waals surface area (Å²) in [6, 6.07) is 7.42. The molecule has 0 aliphatic heterocycles. The molecule has 0 spiro atoms. The first kappa shape index (κ1) is 12.4. The van der Waals surface area contributed by atoms with E-state index in [2.05, 4.69) is 20.4 Å². The van der Waals surface area contributed by atoms with E-state index < -0.39 is 0 Å². The lowest BCUT2D eigenvalue weighted by molar-refractivity contribution is -0.115. The number of H-pyrrole nitrogens is 1. The van der Waals surface area contributed by atoms with E-state index in [9.17, 15) is 4.79 Å². The predicted octanol–water partition coefficient (Wildman–Crippen LogP) is 2.35. The number of carbonyl (C=O) groups excluding carboxylic acids is 1. The summed E-state index contributed by atoms with van der Waals surface area (Å²) in [6.07, 6.45) is 0.278. The Morgan fingerprint density at radius 2 is 2.20 bits per heavy atom. The third kappa shape index (κ3) is 2.54. The standard InChI is InChI=1S/C14H14N4O2/c1-8-5-13(18-20-8)17-14(19)7-10-3-4-11-12(6-10)16-9(2)15-11/h3-6H,7H2,1-2H3,(H,15,16)(H,17,18,19). The molecule has 0 atom stereocenters. The Bertz CT molecular complexity index is 772. The molecule has 2 aromatic heterocycles. The molecular formula is C14H14N4O2. The van der Waals surface area contributed by atoms with Crippen molar-refractivity contribution in [3.8, 4) is 0 Å². The van der Waals surface area contributed by atoms with Gasteiger partial charge in [-0.1, -0.05) is 11.2 Å². The number of fused-ring (bicyclic) bond motifs is 1. The van der Waals surface area contributed by atoms with Crippen LogP contribution in [0.4, 0.5) is 5.82 Å². The molecule has 6 nitrogen and oxygen atoms in total. The molecule has 6 heteroatoms. The highest BCUT2D eigenvalue weighted by molar-refractivity contribution is 5.92. The normalized spacial score (nSPS) is 10.9. The minimum atomic E-state index is -0.131. The van der Waals surface area contributed by atoms with Crippen LogP contribution in [0.5, 0.6) is 0 Å². The van der Waals surface area contributed by atoms with Crippen LogP contribution in [-0.4, -0.2) is 21.0 Å². The minimum absolute atomic E-state index is 0.131. The summed E-state index contributed by atoms with van der Waals surface area (Å²) < 4.78 is 4.90. The first-order chi connectivity index (χ1) is 9.60. The van der Waals surface area contributed by atoms with E-state index in [1.165, 1.54) is 0 Å². The highest BCUT2D eigenvalue weighted by Crippen LogP contribution is 2.14. The fourth-order valence-electron chi connectivity index (χ4n) is 2.09. The smallest absolute Gasteiger partial charge is 0.230 e. The van der Waals surface area contributed by atoms with Crippen LogP contribution in [0, 0.1) is 13.8 Å². The number of nitrogens with zero attached hydrogens (tertiary/aromatic N) is 2. The van der Waals surface area contributed by atoms with Crippen molar-refractivity contribution in [3.63, 3.8) is 0 Å². The Morgan fingerprint density at radius 3 is 2.95 bits per heavy atom. The summed E-state index contributed by atoms with van der Waals surface area (Å²) in [5.41, 5.74) is 2.75. The van der Waals surface area contributed by atoms with Gasteiger partial charge in [0.1, 0.15) is 11.6 Å². The Hall–Kier alpha value is -2.63. The zero-order valence-electron chi connectivity index (χ0n) is 11.2. The summed E-state index contributed by atoms with van der Waals surface area (Å²) in [5.74, 6) is 1.83. The number of aromatic nitrogens is 3. The second-order valence-corrected chi connectivity index (χ2v) is 4.72. The number of rotatable bonds is 3. The number of carbonyl (C=O) groups is 1. The van der Waals surface area contributed by atoms with E-state index in [1.807, 2.05) is 25.1 Å². The lowest BCUT2D eigenvalue weighted by atomic mass is 10.1. The SMILES string of the molecule is Cc1nc2ccc(CC(=O)Nc3cc(C)on3)cc2[nH]1. The Balaban J connectivity index is 1.73. The van der Waals surface area contributed by atoms with E-state index in [0.717, 1.165) is 22.4 Å². The molecular weight excluding hydrogens is 256 g/mol. The number of benzene rings is 1. The maximum absolute atomic E-state index is 11.9. The molecule has 20 heavy (non-hydrogen) atoms. The summed E-state index contributed by atoms with van der Waals surface area (Å²) in [5, 5.41) is 6.42. The Morgan fingerprint density at radius 1 is 1.35 bits per heavy atom. The topological polar surface area (TPSA) is 83.8 Å². The fraction of sp³-hybridized carbons (Fsp3) is 0.214. The van der Waals surface area contributed by atoms with Crippen molar-refractivity contribution < 1.29 is 9.32 Å². The lowest BCUT2D eigenvalue weighted by Crippen LogP contribution is -2.14. The maximum atomic E-state index is 11.9. The van der Waals surface area contributed by atoms with Crippen LogP contribution in [0.1, 0.15) is 17.1 Å². The summed E-state index contributed by atoms with van der Waals surface area (Å²) >= 11 is 0. The highest BCUT2D eigenvalue weighted by atomic mass is 16.5. The van der Waals surface area contributed by atoms with Gasteiger partial charge in [-0.15, -0.1) is 0 Å². The third-order valence-corrected chi connectivity index (χ3v) is 2.92. The Kier molecular flexibility index (Phi) is 2.98. The van der Waals surface area contributed by atoms with Crippen molar-refractivity contribution in [1.82, 2.24) is 15.1 Å². The van der Waals surface area contributed by atoms with Crippen LogP contribution in [0.2, 0.25) is 0 Å². The van der Waals surface area contributed by atoms with Crippen LogP contribution < -0.4 is 5.32 Å². The van der Waals surface area contributed by atoms with Gasteiger partial charge in [0.15, 0.2) is 5.82 Å². The number of hydrogen-bond acceptors (Lipinski definition) is 4. The molecule has 3 rings (SSSR count). The number of aromatic amines is 1. The molecule has 0 aliphatic carbocycles. The predicted molar refractivity (Wildman–Crippen MR) is 74.4 cm³/mol. The van der Waals surface area contributed by atoms with E-state index in [4.69, 9.17) is 4.52 Å². The summed E-state index contributed by atoms with van der Waals surface area (Å²) in [6.45, 7) is 3.68. The van der Waals surface area contributed by atoms with Gasteiger partial charge in [0, 0.05) is 6.07 Å². The second kappa shape index (κ2) is 4.80. The third-order valence-electron chi connectivity index (χ3n) is 2.92. The molecule has 0 saturated carbocycles. The van der Waals surface area contributed by atoms with Gasteiger partial charge in [-0.2, -0.15) is 0 Å². The molecule has 0 fully saturated rings. The van der Waals surface area contributed by atoms with Crippen LogP contribution in [0.25, 0.3) is 11.0 Å². The van der Waals surface area contributed by atoms with Gasteiger partial charge < -0.3 is 14.8 Å². The maximum Gasteiger partial charge on any atom is 0.230 e. The molecule has 3 aromatic rings. The number of amides is 1. The van der Waals surface area contributed by atoms with Crippen molar-refractivity contribution >= 4 is 22.8 Å². The van der Waals surface area contributed by atoms with Crippen molar-refractivity contribution in [2.24, 2.45) is 0 Å². The quantitative estimate of drug-likeness (QED) is 0.765. The highest BCUT2D eigenvalue weighted by Gasteiger charge is 2.08. The average Bonchev–Trinajstić information content (AvgIpc) is 2.93. The first-order valence-electron chi connectivity index (χ1n) is 6.28. The number of imidazole rings is 1. The lowest BCUT2D eigenvalue weighted by Gasteiger charge is -2.01. The number of nitrogens with one attached hydrogen (secondary N) is 2. The van der Waals surface area contributed by atoms with E-state index in [1.54, 1.807) is 13.0 Å². The first-order valence-corrected chi connectivity index (χ1v) is 6.28. The van der Waals surface area contributed by atoms with Gasteiger partial charge in [-0.3, -0.25) is 4.79 Å². The molecule has 0 bridgehead atoms. The average molecular weight is 270 g/mol. The van der Waals surface area contributed by atoms with E-state index in [-0.39, 0.29) is 12.3 Å². The largest absolute Gasteiger partial charge is 0.360 e. The number of hydrogen-bond donors (Lipinski definition) is 2. The molecule has 1 aromatic carbocycles. The van der Waals surface area contributed by atoms with Gasteiger partial charge in [-0.25, -0.2) is 4.98 Å². The molecule has 0 radical (unpaired) electrons. The number of anilines is 1. The van der Waals surface area contributed by atoms with Gasteiger partial charge in [-0.05, 0) is 31.5 Å². The monoisotopic (exact) mass is 270 g/mol. The van der Waals surface area contributed by atoms with Gasteiger partial charge in [0.2, 0.25) is 5.91 Å². The fourth-order valence-corrected chi connectivity index (χ4v) is 2.09. The van der Waals surface area contributed by atoms with Crippen LogP contribution in [-0.2, 0) is 11.2 Å². The van der Waals surface area contributed by atoms with Crippen LogP contribution in [0.3, 0.4) is 0 Å². The zero-order valence-corrected chi connectivity index (χ0v) is 11.2. The summed E-state index contributed by atoms with van der Waals surface area (Å²) in [4.78, 5) is 19.4. The van der Waals surface area contributed by atoms with Crippen LogP contribution >= 0.6 is 0 Å². The number of aryl methyl sites for hydroxylation is 2. The molecule has 0 saturated heterocycles. The Labute approximate surface area is 115 Å². The van der Waals surface area contributed by atoms with Crippen LogP contribution in [0.15, 0.2) is 28.8 Å². The molecule has 2 heterocycles. The minimum Gasteiger partial charge on any atom is -0.360 e. The molecule has 0 unspecified atom stereocenters. The zero-order chi connectivity index (χ0) is 14.1. The molecule has 1 amide bonds. The molecule has 0 aliphatic rings.